The molecule has 7 heteroatoms. The van der Waals surface area contributed by atoms with Crippen LogP contribution in [0.2, 0.25) is 0 Å². The molecule has 0 atom stereocenters. The zero-order valence-electron chi connectivity index (χ0n) is 15.5. The van der Waals surface area contributed by atoms with Gasteiger partial charge in [-0.2, -0.15) is 11.8 Å². The molecule has 0 saturated carbocycles. The summed E-state index contributed by atoms with van der Waals surface area (Å²) >= 11 is 1.69. The second kappa shape index (κ2) is 13.4. The molecule has 2 rings (SSSR count). The lowest BCUT2D eigenvalue weighted by molar-refractivity contribution is 0.153. The first-order valence-corrected chi connectivity index (χ1v) is 10.2. The monoisotopic (exact) mass is 493 g/mol. The lowest BCUT2D eigenvalue weighted by Gasteiger charge is -2.15. The number of aliphatic imine (C=N–C) groups is 1. The highest BCUT2D eigenvalue weighted by Crippen LogP contribution is 2.17. The van der Waals surface area contributed by atoms with Crippen LogP contribution in [-0.4, -0.2) is 38.5 Å². The average Bonchev–Trinajstić information content (AvgIpc) is 2.62. The Kier molecular flexibility index (Phi) is 12.0. The first-order chi connectivity index (χ1) is 12.2. The number of nitrogens with zero attached hydrogens (tertiary/aromatic N) is 1. The summed E-state index contributed by atoms with van der Waals surface area (Å²) in [6, 6.07) is 4.95. The van der Waals surface area contributed by atoms with Crippen molar-refractivity contribution in [2.24, 2.45) is 4.99 Å². The van der Waals surface area contributed by atoms with Crippen LogP contribution in [-0.2, 0) is 17.0 Å². The van der Waals surface area contributed by atoms with Gasteiger partial charge in [0.25, 0.3) is 0 Å². The molecule has 146 valence electrons. The molecule has 1 heterocycles. The van der Waals surface area contributed by atoms with Crippen LogP contribution >= 0.6 is 35.7 Å². The molecule has 0 fully saturated rings. The molecule has 2 N–H and O–H groups in total. The van der Waals surface area contributed by atoms with E-state index in [1.54, 1.807) is 17.8 Å². The van der Waals surface area contributed by atoms with Crippen molar-refractivity contribution < 1.29 is 9.13 Å². The van der Waals surface area contributed by atoms with Gasteiger partial charge < -0.3 is 15.4 Å². The second-order valence-electron chi connectivity index (χ2n) is 5.91. The van der Waals surface area contributed by atoms with Gasteiger partial charge >= 0.3 is 0 Å². The van der Waals surface area contributed by atoms with E-state index in [2.05, 4.69) is 28.6 Å². The number of thioether (sulfide) groups is 1. The van der Waals surface area contributed by atoms with Crippen molar-refractivity contribution in [3.05, 3.63) is 46.8 Å². The van der Waals surface area contributed by atoms with E-state index in [-0.39, 0.29) is 29.8 Å². The molecule has 0 spiro atoms. The van der Waals surface area contributed by atoms with E-state index < -0.39 is 0 Å². The van der Waals surface area contributed by atoms with Crippen LogP contribution in [0.25, 0.3) is 0 Å². The Labute approximate surface area is 177 Å². The highest BCUT2D eigenvalue weighted by Gasteiger charge is 2.06. The van der Waals surface area contributed by atoms with Crippen molar-refractivity contribution in [2.75, 3.05) is 32.6 Å². The number of benzene rings is 1. The molecule has 1 aliphatic rings. The SMILES string of the molecule is CCNC(=NCc1ccc(F)cc1CSC)NCCC1=CCOCC1.I. The highest BCUT2D eigenvalue weighted by atomic mass is 127. The van der Waals surface area contributed by atoms with E-state index in [4.69, 9.17) is 4.74 Å². The predicted octanol–water partition coefficient (Wildman–Crippen LogP) is 4.10. The maximum Gasteiger partial charge on any atom is 0.191 e. The first kappa shape index (κ1) is 23.2. The van der Waals surface area contributed by atoms with Crippen LogP contribution in [0, 0.1) is 5.82 Å². The summed E-state index contributed by atoms with van der Waals surface area (Å²) in [5.41, 5.74) is 3.52. The summed E-state index contributed by atoms with van der Waals surface area (Å²) < 4.78 is 18.8. The molecule has 0 unspecified atom stereocenters. The van der Waals surface area contributed by atoms with Gasteiger partial charge in [0.2, 0.25) is 0 Å². The lowest BCUT2D eigenvalue weighted by Crippen LogP contribution is -2.38. The third-order valence-corrected chi connectivity index (χ3v) is 4.62. The minimum atomic E-state index is -0.188. The number of hydrogen-bond acceptors (Lipinski definition) is 3. The molecule has 4 nitrogen and oxygen atoms in total. The molecular formula is C19H29FIN3OS. The molecule has 26 heavy (non-hydrogen) atoms. The quantitative estimate of drug-likeness (QED) is 0.248. The van der Waals surface area contributed by atoms with Crippen molar-refractivity contribution in [3.8, 4) is 0 Å². The summed E-state index contributed by atoms with van der Waals surface area (Å²) in [6.45, 7) is 5.80. The molecule has 0 bridgehead atoms. The van der Waals surface area contributed by atoms with Gasteiger partial charge in [-0.3, -0.25) is 0 Å². The Morgan fingerprint density at radius 2 is 2.15 bits per heavy atom. The lowest BCUT2D eigenvalue weighted by atomic mass is 10.1. The number of guanidine groups is 1. The topological polar surface area (TPSA) is 45.7 Å². The van der Waals surface area contributed by atoms with Crippen molar-refractivity contribution in [3.63, 3.8) is 0 Å². The molecule has 1 aromatic carbocycles. The van der Waals surface area contributed by atoms with Crippen LogP contribution in [0.3, 0.4) is 0 Å². The van der Waals surface area contributed by atoms with Gasteiger partial charge in [-0.15, -0.1) is 24.0 Å². The van der Waals surface area contributed by atoms with Crippen LogP contribution in [0.1, 0.15) is 30.9 Å². The van der Waals surface area contributed by atoms with Crippen molar-refractivity contribution in [1.82, 2.24) is 10.6 Å². The zero-order valence-corrected chi connectivity index (χ0v) is 18.7. The summed E-state index contributed by atoms with van der Waals surface area (Å²) in [6.07, 6.45) is 6.21. The maximum atomic E-state index is 13.4. The van der Waals surface area contributed by atoms with Crippen molar-refractivity contribution in [2.45, 2.75) is 32.1 Å². The van der Waals surface area contributed by atoms with Crippen molar-refractivity contribution in [1.29, 1.82) is 0 Å². The fraction of sp³-hybridized carbons (Fsp3) is 0.526. The largest absolute Gasteiger partial charge is 0.377 e. The number of nitrogens with one attached hydrogen (secondary N) is 2. The van der Waals surface area contributed by atoms with E-state index in [0.29, 0.717) is 6.54 Å². The van der Waals surface area contributed by atoms with Gasteiger partial charge in [-0.1, -0.05) is 17.7 Å². The molecule has 0 aliphatic carbocycles. The number of halogens is 2. The minimum Gasteiger partial charge on any atom is -0.377 e. The highest BCUT2D eigenvalue weighted by molar-refractivity contribution is 14.0. The fourth-order valence-corrected chi connectivity index (χ4v) is 3.26. The summed E-state index contributed by atoms with van der Waals surface area (Å²) in [5, 5.41) is 6.65. The van der Waals surface area contributed by atoms with Gasteiger partial charge in [0, 0.05) is 18.8 Å². The van der Waals surface area contributed by atoms with Crippen LogP contribution in [0.4, 0.5) is 4.39 Å². The molecular weight excluding hydrogens is 464 g/mol. The van der Waals surface area contributed by atoms with Gasteiger partial charge in [0.05, 0.1) is 19.8 Å². The number of ether oxygens (including phenoxy) is 1. The standard InChI is InChI=1S/C19H28FN3OS.HI/c1-3-21-19(22-9-6-15-7-10-24-11-8-15)23-13-16-4-5-18(20)12-17(16)14-25-2;/h4-5,7,12H,3,6,8-11,13-14H2,1-2H3,(H2,21,22,23);1H. The predicted molar refractivity (Wildman–Crippen MR) is 120 cm³/mol. The van der Waals surface area contributed by atoms with Gasteiger partial charge in [-0.25, -0.2) is 9.38 Å². The Balaban J connectivity index is 0.00000338. The number of rotatable bonds is 8. The van der Waals surface area contributed by atoms with E-state index in [1.807, 2.05) is 12.3 Å². The van der Waals surface area contributed by atoms with Crippen LogP contribution in [0.5, 0.6) is 0 Å². The fourth-order valence-electron chi connectivity index (χ4n) is 2.68. The Hall–Kier alpha value is -0.800. The zero-order chi connectivity index (χ0) is 17.9. The van der Waals surface area contributed by atoms with E-state index >= 15 is 0 Å². The normalized spacial score (nSPS) is 14.4. The van der Waals surface area contributed by atoms with Gasteiger partial charge in [-0.05, 0) is 49.3 Å². The Bertz CT molecular complexity index is 610. The Morgan fingerprint density at radius 3 is 2.85 bits per heavy atom. The second-order valence-corrected chi connectivity index (χ2v) is 6.77. The molecule has 1 aliphatic heterocycles. The van der Waals surface area contributed by atoms with E-state index in [0.717, 1.165) is 62.0 Å². The summed E-state index contributed by atoms with van der Waals surface area (Å²) in [7, 11) is 0. The minimum absolute atomic E-state index is 0. The number of hydrogen-bond donors (Lipinski definition) is 2. The van der Waals surface area contributed by atoms with Crippen molar-refractivity contribution >= 4 is 41.7 Å². The smallest absolute Gasteiger partial charge is 0.191 e. The van der Waals surface area contributed by atoms with Crippen LogP contribution < -0.4 is 10.6 Å². The summed E-state index contributed by atoms with van der Waals surface area (Å²) in [5.74, 6) is 1.41. The maximum absolute atomic E-state index is 13.4. The van der Waals surface area contributed by atoms with Gasteiger partial charge in [0.15, 0.2) is 5.96 Å². The summed E-state index contributed by atoms with van der Waals surface area (Å²) in [4.78, 5) is 4.66. The molecule has 0 saturated heterocycles. The van der Waals surface area contributed by atoms with E-state index in [9.17, 15) is 4.39 Å². The third kappa shape index (κ3) is 8.26. The van der Waals surface area contributed by atoms with Gasteiger partial charge in [0.1, 0.15) is 5.82 Å². The third-order valence-electron chi connectivity index (χ3n) is 4.02. The molecule has 1 aromatic rings. The first-order valence-electron chi connectivity index (χ1n) is 8.77. The molecule has 0 amide bonds. The van der Waals surface area contributed by atoms with Crippen LogP contribution in [0.15, 0.2) is 34.8 Å². The molecule has 0 radical (unpaired) electrons. The Morgan fingerprint density at radius 1 is 1.31 bits per heavy atom. The van der Waals surface area contributed by atoms with E-state index in [1.165, 1.54) is 11.6 Å². The average molecular weight is 493 g/mol. The molecule has 0 aromatic heterocycles.